The lowest BCUT2D eigenvalue weighted by Gasteiger charge is -2.12. The molecule has 1 aromatic heterocycles. The van der Waals surface area contributed by atoms with Gasteiger partial charge in [0.05, 0.1) is 5.56 Å². The zero-order chi connectivity index (χ0) is 17.8. The van der Waals surface area contributed by atoms with Gasteiger partial charge in [0.25, 0.3) is 11.8 Å². The van der Waals surface area contributed by atoms with Crippen molar-refractivity contribution in [2.75, 3.05) is 11.9 Å². The van der Waals surface area contributed by atoms with Crippen molar-refractivity contribution in [3.63, 3.8) is 0 Å². The number of ether oxygens (including phenoxy) is 1. The zero-order valence-electron chi connectivity index (χ0n) is 13.4. The van der Waals surface area contributed by atoms with Crippen molar-refractivity contribution < 1.29 is 14.3 Å². The van der Waals surface area contributed by atoms with E-state index in [9.17, 15) is 9.59 Å². The number of carbonyl (C=O) groups is 2. The summed E-state index contributed by atoms with van der Waals surface area (Å²) in [6.45, 7) is -0.159. The molecular formula is C17H18ClN3O3S. The van der Waals surface area contributed by atoms with E-state index >= 15 is 0 Å². The monoisotopic (exact) mass is 379 g/mol. The Morgan fingerprint density at radius 3 is 2.64 bits per heavy atom. The second kappa shape index (κ2) is 7.86. The standard InChI is InChI=1S/C17H18ClN3O3S/c18-10-5-7-11(8-6-10)24-9-14(22)20-17-15(16(23)21-19)12-3-1-2-4-13(12)25-17/h5-8H,1-4,9,19H2,(H,20,22)(H,21,23). The van der Waals surface area contributed by atoms with Crippen LogP contribution in [0.4, 0.5) is 5.00 Å². The number of benzene rings is 1. The Morgan fingerprint density at radius 1 is 1.20 bits per heavy atom. The lowest BCUT2D eigenvalue weighted by Crippen LogP contribution is -2.31. The highest BCUT2D eigenvalue weighted by atomic mass is 35.5. The molecule has 1 heterocycles. The van der Waals surface area contributed by atoms with Crippen molar-refractivity contribution in [3.8, 4) is 5.75 Å². The minimum Gasteiger partial charge on any atom is -0.484 e. The number of hydrogen-bond donors (Lipinski definition) is 3. The number of nitrogens with two attached hydrogens (primary N) is 1. The van der Waals surface area contributed by atoms with Gasteiger partial charge >= 0.3 is 0 Å². The third-order valence-corrected chi connectivity index (χ3v) is 5.43. The molecule has 0 unspecified atom stereocenters. The van der Waals surface area contributed by atoms with Gasteiger partial charge in [-0.3, -0.25) is 15.0 Å². The fourth-order valence-electron chi connectivity index (χ4n) is 2.81. The van der Waals surface area contributed by atoms with Gasteiger partial charge in [-0.15, -0.1) is 11.3 Å². The molecule has 1 aliphatic carbocycles. The maximum atomic E-state index is 12.2. The molecular weight excluding hydrogens is 362 g/mol. The number of thiophene rings is 1. The van der Waals surface area contributed by atoms with Gasteiger partial charge in [0.1, 0.15) is 10.8 Å². The minimum atomic E-state index is -0.381. The van der Waals surface area contributed by atoms with Crippen LogP contribution in [-0.2, 0) is 17.6 Å². The summed E-state index contributed by atoms with van der Waals surface area (Å²) in [7, 11) is 0. The van der Waals surface area contributed by atoms with Gasteiger partial charge in [0.2, 0.25) is 0 Å². The third-order valence-electron chi connectivity index (χ3n) is 3.97. The van der Waals surface area contributed by atoms with E-state index in [1.165, 1.54) is 11.3 Å². The molecule has 6 nitrogen and oxygen atoms in total. The first-order valence-corrected chi connectivity index (χ1v) is 9.11. The van der Waals surface area contributed by atoms with Gasteiger partial charge in [0, 0.05) is 9.90 Å². The molecule has 2 amide bonds. The van der Waals surface area contributed by atoms with Crippen LogP contribution < -0.4 is 21.3 Å². The zero-order valence-corrected chi connectivity index (χ0v) is 15.0. The highest BCUT2D eigenvalue weighted by Crippen LogP contribution is 2.38. The van der Waals surface area contributed by atoms with Crippen LogP contribution in [0, 0.1) is 0 Å². The summed E-state index contributed by atoms with van der Waals surface area (Å²) in [5.74, 6) is 5.13. The van der Waals surface area contributed by atoms with Crippen LogP contribution in [0.2, 0.25) is 5.02 Å². The summed E-state index contributed by atoms with van der Waals surface area (Å²) in [5.41, 5.74) is 3.63. The molecule has 1 aliphatic rings. The van der Waals surface area contributed by atoms with Crippen molar-refractivity contribution in [1.82, 2.24) is 5.43 Å². The Labute approximate surface area is 154 Å². The number of anilines is 1. The molecule has 4 N–H and O–H groups in total. The van der Waals surface area contributed by atoms with Gasteiger partial charge < -0.3 is 10.1 Å². The molecule has 8 heteroatoms. The Morgan fingerprint density at radius 2 is 1.92 bits per heavy atom. The Bertz CT molecular complexity index is 789. The van der Waals surface area contributed by atoms with Gasteiger partial charge in [0.15, 0.2) is 6.61 Å². The largest absolute Gasteiger partial charge is 0.484 e. The molecule has 3 rings (SSSR count). The number of hydrogen-bond acceptors (Lipinski definition) is 5. The van der Waals surface area contributed by atoms with Crippen LogP contribution in [0.3, 0.4) is 0 Å². The third kappa shape index (κ3) is 4.12. The van der Waals surface area contributed by atoms with Gasteiger partial charge in [-0.05, 0) is 55.5 Å². The van der Waals surface area contributed by atoms with E-state index in [1.54, 1.807) is 24.3 Å². The first-order chi connectivity index (χ1) is 12.1. The smallest absolute Gasteiger partial charge is 0.268 e. The minimum absolute atomic E-state index is 0.159. The SMILES string of the molecule is NNC(=O)c1c(NC(=O)COc2ccc(Cl)cc2)sc2c1CCCC2. The predicted octanol–water partition coefficient (Wildman–Crippen LogP) is 2.90. The van der Waals surface area contributed by atoms with Crippen LogP contribution in [-0.4, -0.2) is 18.4 Å². The van der Waals surface area contributed by atoms with E-state index in [-0.39, 0.29) is 18.4 Å². The highest BCUT2D eigenvalue weighted by Gasteiger charge is 2.26. The van der Waals surface area contributed by atoms with E-state index in [1.807, 2.05) is 0 Å². The van der Waals surface area contributed by atoms with E-state index in [0.29, 0.717) is 21.3 Å². The lowest BCUT2D eigenvalue weighted by atomic mass is 9.95. The van der Waals surface area contributed by atoms with E-state index < -0.39 is 0 Å². The van der Waals surface area contributed by atoms with Crippen LogP contribution in [0.15, 0.2) is 24.3 Å². The summed E-state index contributed by atoms with van der Waals surface area (Å²) in [6.07, 6.45) is 3.86. The van der Waals surface area contributed by atoms with Crippen molar-refractivity contribution in [2.24, 2.45) is 5.84 Å². The first-order valence-electron chi connectivity index (χ1n) is 7.92. The normalized spacial score (nSPS) is 13.0. The number of nitrogens with one attached hydrogen (secondary N) is 2. The van der Waals surface area contributed by atoms with Crippen LogP contribution >= 0.6 is 22.9 Å². The summed E-state index contributed by atoms with van der Waals surface area (Å²) < 4.78 is 5.43. The van der Waals surface area contributed by atoms with Crippen LogP contribution in [0.5, 0.6) is 5.75 Å². The molecule has 2 aromatic rings. The molecule has 1 aromatic carbocycles. The molecule has 0 atom stereocenters. The number of amides is 2. The number of rotatable bonds is 5. The molecule has 132 valence electrons. The Kier molecular flexibility index (Phi) is 5.57. The maximum Gasteiger partial charge on any atom is 0.268 e. The molecule has 0 bridgehead atoms. The average Bonchev–Trinajstić information content (AvgIpc) is 2.98. The predicted molar refractivity (Wildman–Crippen MR) is 98.2 cm³/mol. The quantitative estimate of drug-likeness (QED) is 0.423. The van der Waals surface area contributed by atoms with E-state index in [2.05, 4.69) is 10.7 Å². The molecule has 25 heavy (non-hydrogen) atoms. The summed E-state index contributed by atoms with van der Waals surface area (Å²) in [5, 5.41) is 3.90. The summed E-state index contributed by atoms with van der Waals surface area (Å²) >= 11 is 7.25. The van der Waals surface area contributed by atoms with Crippen molar-refractivity contribution in [3.05, 3.63) is 45.3 Å². The van der Waals surface area contributed by atoms with Crippen LogP contribution in [0.25, 0.3) is 0 Å². The molecule has 0 saturated carbocycles. The molecule has 0 fully saturated rings. The maximum absolute atomic E-state index is 12.2. The van der Waals surface area contributed by atoms with Gasteiger partial charge in [-0.25, -0.2) is 5.84 Å². The number of hydrazine groups is 1. The summed E-state index contributed by atoms with van der Waals surface area (Å²) in [4.78, 5) is 25.5. The number of fused-ring (bicyclic) bond motifs is 1. The van der Waals surface area contributed by atoms with E-state index in [4.69, 9.17) is 22.2 Å². The summed E-state index contributed by atoms with van der Waals surface area (Å²) in [6, 6.07) is 6.75. The van der Waals surface area contributed by atoms with Crippen LogP contribution in [0.1, 0.15) is 33.6 Å². The number of carbonyl (C=O) groups excluding carboxylic acids is 2. The van der Waals surface area contributed by atoms with Gasteiger partial charge in [-0.1, -0.05) is 11.6 Å². The number of aryl methyl sites for hydroxylation is 1. The Hall–Kier alpha value is -2.09. The second-order valence-corrected chi connectivity index (χ2v) is 7.22. The topological polar surface area (TPSA) is 93.5 Å². The number of nitrogen functional groups attached to an aromatic ring is 1. The molecule has 0 radical (unpaired) electrons. The fraction of sp³-hybridized carbons (Fsp3) is 0.294. The van der Waals surface area contributed by atoms with Crippen molar-refractivity contribution in [2.45, 2.75) is 25.7 Å². The van der Waals surface area contributed by atoms with Crippen molar-refractivity contribution >= 4 is 39.8 Å². The average molecular weight is 380 g/mol. The van der Waals surface area contributed by atoms with E-state index in [0.717, 1.165) is 36.1 Å². The Balaban J connectivity index is 1.71. The molecule has 0 saturated heterocycles. The first kappa shape index (κ1) is 17.7. The lowest BCUT2D eigenvalue weighted by molar-refractivity contribution is -0.118. The fourth-order valence-corrected chi connectivity index (χ4v) is 4.24. The van der Waals surface area contributed by atoms with Crippen molar-refractivity contribution in [1.29, 1.82) is 0 Å². The number of halogens is 1. The molecule has 0 spiro atoms. The highest BCUT2D eigenvalue weighted by molar-refractivity contribution is 7.17. The van der Waals surface area contributed by atoms with Gasteiger partial charge in [-0.2, -0.15) is 0 Å². The molecule has 0 aliphatic heterocycles. The second-order valence-electron chi connectivity index (χ2n) is 5.68.